The van der Waals surface area contributed by atoms with Gasteiger partial charge < -0.3 is 5.32 Å². The molecule has 5 heteroatoms. The number of hydrogen-bond acceptors (Lipinski definition) is 3. The Hall–Kier alpha value is -1.88. The van der Waals surface area contributed by atoms with Crippen molar-refractivity contribution >= 4 is 0 Å². The van der Waals surface area contributed by atoms with Gasteiger partial charge in [0.25, 0.3) is 0 Å². The van der Waals surface area contributed by atoms with Crippen LogP contribution in [0, 0.1) is 11.6 Å². The normalized spacial score (nSPS) is 12.4. The Balaban J connectivity index is 2.35. The predicted octanol–water partition coefficient (Wildman–Crippen LogP) is 2.84. The zero-order valence-corrected chi connectivity index (χ0v) is 10.6. The van der Waals surface area contributed by atoms with Gasteiger partial charge in [-0.05, 0) is 31.2 Å². The third-order valence-corrected chi connectivity index (χ3v) is 2.76. The fourth-order valence-corrected chi connectivity index (χ4v) is 1.84. The van der Waals surface area contributed by atoms with Crippen molar-refractivity contribution in [3.05, 3.63) is 59.7 Å². The minimum Gasteiger partial charge on any atom is -0.305 e. The van der Waals surface area contributed by atoms with Gasteiger partial charge in [-0.3, -0.25) is 9.97 Å². The average molecular weight is 263 g/mol. The molecule has 0 fully saturated rings. The van der Waals surface area contributed by atoms with Gasteiger partial charge in [-0.2, -0.15) is 0 Å². The molecule has 19 heavy (non-hydrogen) atoms. The number of pyridine rings is 2. The number of halogens is 2. The quantitative estimate of drug-likeness (QED) is 0.901. The second-order valence-corrected chi connectivity index (χ2v) is 4.19. The van der Waals surface area contributed by atoms with E-state index in [1.165, 1.54) is 18.5 Å². The van der Waals surface area contributed by atoms with Crippen LogP contribution in [0.5, 0.6) is 0 Å². The molecule has 2 aromatic heterocycles. The first-order valence-electron chi connectivity index (χ1n) is 6.16. The van der Waals surface area contributed by atoms with E-state index in [-0.39, 0.29) is 0 Å². The molecular weight excluding hydrogens is 248 g/mol. The van der Waals surface area contributed by atoms with Gasteiger partial charge >= 0.3 is 0 Å². The van der Waals surface area contributed by atoms with Crippen LogP contribution in [-0.2, 0) is 0 Å². The lowest BCUT2D eigenvalue weighted by Crippen LogP contribution is -2.25. The van der Waals surface area contributed by atoms with Crippen LogP contribution in [0.3, 0.4) is 0 Å². The van der Waals surface area contributed by atoms with E-state index in [4.69, 9.17) is 0 Å². The van der Waals surface area contributed by atoms with Gasteiger partial charge in [-0.15, -0.1) is 0 Å². The van der Waals surface area contributed by atoms with E-state index in [1.54, 1.807) is 12.1 Å². The summed E-state index contributed by atoms with van der Waals surface area (Å²) in [5.74, 6) is -0.810. The summed E-state index contributed by atoms with van der Waals surface area (Å²) >= 11 is 0. The van der Waals surface area contributed by atoms with Crippen molar-refractivity contribution < 1.29 is 8.78 Å². The highest BCUT2D eigenvalue weighted by Gasteiger charge is 2.18. The molecule has 0 aliphatic rings. The molecule has 3 nitrogen and oxygen atoms in total. The first-order chi connectivity index (χ1) is 9.22. The Morgan fingerprint density at radius 1 is 1.21 bits per heavy atom. The fraction of sp³-hybridized carbons (Fsp3) is 0.286. The molecule has 0 bridgehead atoms. The van der Waals surface area contributed by atoms with Crippen LogP contribution in [0.2, 0.25) is 0 Å². The largest absolute Gasteiger partial charge is 0.305 e. The summed E-state index contributed by atoms with van der Waals surface area (Å²) in [6.45, 7) is 2.73. The van der Waals surface area contributed by atoms with E-state index in [0.717, 1.165) is 12.6 Å². The van der Waals surface area contributed by atoms with Crippen LogP contribution in [-0.4, -0.2) is 16.5 Å². The number of nitrogens with zero attached hydrogens (tertiary/aromatic N) is 2. The smallest absolute Gasteiger partial charge is 0.146 e. The van der Waals surface area contributed by atoms with Gasteiger partial charge in [0, 0.05) is 11.8 Å². The molecule has 0 amide bonds. The summed E-state index contributed by atoms with van der Waals surface area (Å²) < 4.78 is 26.7. The fourth-order valence-electron chi connectivity index (χ4n) is 1.84. The summed E-state index contributed by atoms with van der Waals surface area (Å²) in [4.78, 5) is 7.76. The van der Waals surface area contributed by atoms with Crippen LogP contribution in [0.15, 0.2) is 36.8 Å². The second-order valence-electron chi connectivity index (χ2n) is 4.19. The summed E-state index contributed by atoms with van der Waals surface area (Å²) in [6, 6.07) is 4.08. The van der Waals surface area contributed by atoms with Crippen molar-refractivity contribution in [2.75, 3.05) is 6.54 Å². The zero-order valence-electron chi connectivity index (χ0n) is 10.6. The van der Waals surface area contributed by atoms with Gasteiger partial charge in [0.2, 0.25) is 0 Å². The first kappa shape index (κ1) is 13.5. The summed E-state index contributed by atoms with van der Waals surface area (Å²) in [6.07, 6.45) is 4.74. The molecule has 0 aromatic carbocycles. The monoisotopic (exact) mass is 263 g/mol. The van der Waals surface area contributed by atoms with Gasteiger partial charge in [0.15, 0.2) is 0 Å². The summed E-state index contributed by atoms with van der Waals surface area (Å²) in [7, 11) is 0. The molecule has 2 rings (SSSR count). The molecule has 1 atom stereocenters. The van der Waals surface area contributed by atoms with E-state index in [0.29, 0.717) is 17.8 Å². The van der Waals surface area contributed by atoms with Gasteiger partial charge in [-0.1, -0.05) is 6.92 Å². The molecule has 0 saturated heterocycles. The van der Waals surface area contributed by atoms with Crippen molar-refractivity contribution in [3.63, 3.8) is 0 Å². The first-order valence-corrected chi connectivity index (χ1v) is 6.16. The lowest BCUT2D eigenvalue weighted by atomic mass is 10.0. The maximum absolute atomic E-state index is 13.8. The molecule has 0 aliphatic heterocycles. The van der Waals surface area contributed by atoms with Crippen LogP contribution in [0.25, 0.3) is 0 Å². The van der Waals surface area contributed by atoms with Crippen LogP contribution < -0.4 is 5.32 Å². The van der Waals surface area contributed by atoms with Gasteiger partial charge in [0.1, 0.15) is 11.6 Å². The molecule has 2 heterocycles. The van der Waals surface area contributed by atoms with Crippen molar-refractivity contribution in [1.82, 2.24) is 15.3 Å². The van der Waals surface area contributed by atoms with E-state index in [1.807, 2.05) is 6.92 Å². The maximum Gasteiger partial charge on any atom is 0.146 e. The molecule has 0 spiro atoms. The Kier molecular flexibility index (Phi) is 4.52. The highest BCUT2D eigenvalue weighted by molar-refractivity contribution is 5.27. The molecule has 0 radical (unpaired) electrons. The van der Waals surface area contributed by atoms with Crippen molar-refractivity contribution in [3.8, 4) is 0 Å². The number of hydrogen-bond donors (Lipinski definition) is 1. The molecular formula is C14H15F2N3. The average Bonchev–Trinajstić information content (AvgIpc) is 2.43. The van der Waals surface area contributed by atoms with Crippen molar-refractivity contribution in [1.29, 1.82) is 0 Å². The van der Waals surface area contributed by atoms with E-state index in [2.05, 4.69) is 15.3 Å². The van der Waals surface area contributed by atoms with Crippen LogP contribution in [0.4, 0.5) is 8.78 Å². The third kappa shape index (κ3) is 3.32. The van der Waals surface area contributed by atoms with Crippen LogP contribution in [0.1, 0.15) is 30.6 Å². The SMILES string of the molecule is CCCNC(c1ccc(F)cn1)c1ccncc1F. The van der Waals surface area contributed by atoms with E-state index in [9.17, 15) is 8.78 Å². The second kappa shape index (κ2) is 6.33. The lowest BCUT2D eigenvalue weighted by Gasteiger charge is -2.18. The maximum atomic E-state index is 13.8. The number of rotatable bonds is 5. The molecule has 0 aliphatic carbocycles. The Morgan fingerprint density at radius 3 is 2.68 bits per heavy atom. The van der Waals surface area contributed by atoms with Gasteiger partial charge in [0.05, 0.1) is 24.1 Å². The molecule has 1 unspecified atom stereocenters. The third-order valence-electron chi connectivity index (χ3n) is 2.76. The predicted molar refractivity (Wildman–Crippen MR) is 68.5 cm³/mol. The van der Waals surface area contributed by atoms with E-state index >= 15 is 0 Å². The highest BCUT2D eigenvalue weighted by Crippen LogP contribution is 2.22. The number of aromatic nitrogens is 2. The summed E-state index contributed by atoms with van der Waals surface area (Å²) in [5, 5.41) is 3.21. The Labute approximate surface area is 110 Å². The van der Waals surface area contributed by atoms with Crippen molar-refractivity contribution in [2.45, 2.75) is 19.4 Å². The van der Waals surface area contributed by atoms with Crippen LogP contribution >= 0.6 is 0 Å². The zero-order chi connectivity index (χ0) is 13.7. The summed E-state index contributed by atoms with van der Waals surface area (Å²) in [5.41, 5.74) is 1.04. The van der Waals surface area contributed by atoms with E-state index < -0.39 is 17.7 Å². The van der Waals surface area contributed by atoms with Crippen molar-refractivity contribution in [2.24, 2.45) is 0 Å². The van der Waals surface area contributed by atoms with Gasteiger partial charge in [-0.25, -0.2) is 8.78 Å². The molecule has 0 saturated carbocycles. The molecule has 1 N–H and O–H groups in total. The highest BCUT2D eigenvalue weighted by atomic mass is 19.1. The standard InChI is InChI=1S/C14H15F2N3/c1-2-6-18-14(11-5-7-17-9-12(11)16)13-4-3-10(15)8-19-13/h3-5,7-9,14,18H,2,6H2,1H3. The minimum absolute atomic E-state index is 0.399. The molecule has 2 aromatic rings. The Bertz CT molecular complexity index is 528. The minimum atomic E-state index is -0.409. The topological polar surface area (TPSA) is 37.8 Å². The molecule has 100 valence electrons. The number of nitrogens with one attached hydrogen (secondary N) is 1. The Morgan fingerprint density at radius 2 is 2.05 bits per heavy atom. The lowest BCUT2D eigenvalue weighted by molar-refractivity contribution is 0.533.